The molecule has 0 spiro atoms. The monoisotopic (exact) mass is 349 g/mol. The zero-order chi connectivity index (χ0) is 17.4. The van der Waals surface area contributed by atoms with Crippen LogP contribution in [-0.4, -0.2) is 16.2 Å². The van der Waals surface area contributed by atoms with E-state index in [9.17, 15) is 4.79 Å². The fourth-order valence-corrected chi connectivity index (χ4v) is 2.92. The van der Waals surface area contributed by atoms with E-state index in [-0.39, 0.29) is 5.56 Å². The number of para-hydroxylation sites is 2. The lowest BCUT2D eigenvalue weighted by Gasteiger charge is -2.10. The van der Waals surface area contributed by atoms with Crippen molar-refractivity contribution < 1.29 is 14.6 Å². The van der Waals surface area contributed by atoms with Crippen molar-refractivity contribution in [3.8, 4) is 22.6 Å². The highest BCUT2D eigenvalue weighted by atomic mass is 35.5. The zero-order valence-electron chi connectivity index (χ0n) is 12.9. The van der Waals surface area contributed by atoms with E-state index in [1.807, 2.05) is 42.5 Å². The number of benzene rings is 3. The van der Waals surface area contributed by atoms with Gasteiger partial charge in [0.1, 0.15) is 16.6 Å². The maximum atomic E-state index is 11.0. The van der Waals surface area contributed by atoms with Crippen LogP contribution in [0.3, 0.4) is 0 Å². The third-order valence-corrected chi connectivity index (χ3v) is 4.26. The van der Waals surface area contributed by atoms with Crippen molar-refractivity contribution in [2.24, 2.45) is 4.99 Å². The summed E-state index contributed by atoms with van der Waals surface area (Å²) in [6.07, 6.45) is 0. The van der Waals surface area contributed by atoms with E-state index < -0.39 is 5.97 Å². The van der Waals surface area contributed by atoms with Gasteiger partial charge in [-0.25, -0.2) is 9.79 Å². The summed E-state index contributed by atoms with van der Waals surface area (Å²) in [4.78, 5) is 15.4. The molecule has 25 heavy (non-hydrogen) atoms. The van der Waals surface area contributed by atoms with E-state index in [2.05, 4.69) is 4.99 Å². The Morgan fingerprint density at radius 3 is 2.40 bits per heavy atom. The van der Waals surface area contributed by atoms with Gasteiger partial charge in [0.2, 0.25) is 0 Å². The smallest absolute Gasteiger partial charge is 0.335 e. The molecule has 5 heteroatoms. The molecule has 1 aliphatic rings. The van der Waals surface area contributed by atoms with Crippen molar-refractivity contribution in [3.05, 3.63) is 77.9 Å². The summed E-state index contributed by atoms with van der Waals surface area (Å²) in [5.74, 6) is 0.331. The first-order chi connectivity index (χ1) is 12.1. The Hall–Kier alpha value is -3.11. The normalized spacial score (nSPS) is 12.3. The predicted octanol–water partition coefficient (Wildman–Crippen LogP) is 5.47. The summed E-state index contributed by atoms with van der Waals surface area (Å²) >= 11 is 6.40. The topological polar surface area (TPSA) is 58.9 Å². The summed E-state index contributed by atoms with van der Waals surface area (Å²) < 4.78 is 5.94. The average Bonchev–Trinajstić information content (AvgIpc) is 2.77. The fraction of sp³-hybridized carbons (Fsp3) is 0. The minimum atomic E-state index is -0.949. The van der Waals surface area contributed by atoms with Crippen molar-refractivity contribution in [1.29, 1.82) is 0 Å². The van der Waals surface area contributed by atoms with E-state index in [0.717, 1.165) is 11.1 Å². The second-order valence-electron chi connectivity index (χ2n) is 5.57. The van der Waals surface area contributed by atoms with E-state index in [1.165, 1.54) is 0 Å². The van der Waals surface area contributed by atoms with Crippen molar-refractivity contribution in [2.45, 2.75) is 0 Å². The largest absolute Gasteiger partial charge is 0.478 e. The van der Waals surface area contributed by atoms with E-state index >= 15 is 0 Å². The minimum Gasteiger partial charge on any atom is -0.478 e. The van der Waals surface area contributed by atoms with Crippen molar-refractivity contribution in [1.82, 2.24) is 0 Å². The van der Waals surface area contributed by atoms with Crippen LogP contribution in [0.4, 0.5) is 5.69 Å². The summed E-state index contributed by atoms with van der Waals surface area (Å²) in [5, 5.41) is 9.36. The lowest BCUT2D eigenvalue weighted by Crippen LogP contribution is -1.96. The van der Waals surface area contributed by atoms with Gasteiger partial charge < -0.3 is 9.84 Å². The summed E-state index contributed by atoms with van der Waals surface area (Å²) in [5.41, 5.74) is 3.41. The van der Waals surface area contributed by atoms with Gasteiger partial charge in [-0.3, -0.25) is 0 Å². The van der Waals surface area contributed by atoms with Gasteiger partial charge in [0.05, 0.1) is 11.1 Å². The van der Waals surface area contributed by atoms with Crippen LogP contribution in [0.25, 0.3) is 11.1 Å². The average molecular weight is 350 g/mol. The molecule has 0 bridgehead atoms. The van der Waals surface area contributed by atoms with Gasteiger partial charge in [-0.05, 0) is 47.5 Å². The first-order valence-electron chi connectivity index (χ1n) is 7.61. The number of halogens is 1. The molecule has 0 aromatic heterocycles. The molecule has 0 aliphatic carbocycles. The highest BCUT2D eigenvalue weighted by Gasteiger charge is 2.17. The molecule has 0 saturated carbocycles. The molecule has 0 saturated heterocycles. The molecule has 0 fully saturated rings. The van der Waals surface area contributed by atoms with Crippen molar-refractivity contribution in [3.63, 3.8) is 0 Å². The molecule has 0 unspecified atom stereocenters. The number of hydrogen-bond acceptors (Lipinski definition) is 3. The van der Waals surface area contributed by atoms with E-state index in [1.54, 1.807) is 24.3 Å². The number of carboxylic acid groups (broad SMARTS) is 1. The molecule has 122 valence electrons. The highest BCUT2D eigenvalue weighted by Crippen LogP contribution is 2.39. The summed E-state index contributed by atoms with van der Waals surface area (Å²) in [6, 6.07) is 19.8. The third-order valence-electron chi connectivity index (χ3n) is 3.97. The number of fused-ring (bicyclic) bond motifs is 2. The quantitative estimate of drug-likeness (QED) is 0.667. The molecule has 1 aliphatic heterocycles. The van der Waals surface area contributed by atoms with Crippen molar-refractivity contribution in [2.75, 3.05) is 0 Å². The Kier molecular flexibility index (Phi) is 3.75. The summed E-state index contributed by atoms with van der Waals surface area (Å²) in [7, 11) is 0. The summed E-state index contributed by atoms with van der Waals surface area (Å²) in [6.45, 7) is 0. The Bertz CT molecular complexity index is 1010. The van der Waals surface area contributed by atoms with Gasteiger partial charge in [0.25, 0.3) is 0 Å². The fourth-order valence-electron chi connectivity index (χ4n) is 2.69. The second kappa shape index (κ2) is 6.07. The number of aromatic carboxylic acids is 1. The molecule has 3 aromatic carbocycles. The van der Waals surface area contributed by atoms with Gasteiger partial charge >= 0.3 is 5.97 Å². The van der Waals surface area contributed by atoms with Crippen LogP contribution in [0.2, 0.25) is 0 Å². The van der Waals surface area contributed by atoms with Crippen LogP contribution in [0.15, 0.2) is 71.7 Å². The van der Waals surface area contributed by atoms with E-state index in [0.29, 0.717) is 27.9 Å². The van der Waals surface area contributed by atoms with Gasteiger partial charge in [-0.1, -0.05) is 41.9 Å². The number of rotatable bonds is 2. The second-order valence-corrected chi connectivity index (χ2v) is 5.92. The molecule has 1 heterocycles. The first kappa shape index (κ1) is 15.4. The number of hydrogen-bond donors (Lipinski definition) is 1. The predicted molar refractivity (Wildman–Crippen MR) is 97.4 cm³/mol. The number of ether oxygens (including phenoxy) is 1. The molecule has 1 N–H and O–H groups in total. The molecule has 4 rings (SSSR count). The third kappa shape index (κ3) is 2.88. The Morgan fingerprint density at radius 2 is 1.64 bits per heavy atom. The maximum Gasteiger partial charge on any atom is 0.335 e. The lowest BCUT2D eigenvalue weighted by molar-refractivity contribution is 0.0697. The lowest BCUT2D eigenvalue weighted by atomic mass is 10.0. The molecular weight excluding hydrogens is 338 g/mol. The highest BCUT2D eigenvalue weighted by molar-refractivity contribution is 6.70. The zero-order valence-corrected chi connectivity index (χ0v) is 13.7. The Balaban J connectivity index is 1.78. The van der Waals surface area contributed by atoms with E-state index in [4.69, 9.17) is 21.4 Å². The SMILES string of the molecule is O=C(O)c1ccc(-c2ccc3c(c2)C(Cl)=Nc2ccccc2O3)cc1. The molecule has 4 nitrogen and oxygen atoms in total. The van der Waals surface area contributed by atoms with Crippen LogP contribution in [-0.2, 0) is 0 Å². The molecule has 0 atom stereocenters. The Labute approximate surface area is 149 Å². The van der Waals surface area contributed by atoms with Gasteiger partial charge in [-0.15, -0.1) is 0 Å². The number of nitrogens with zero attached hydrogens (tertiary/aromatic N) is 1. The van der Waals surface area contributed by atoms with Crippen LogP contribution < -0.4 is 4.74 Å². The van der Waals surface area contributed by atoms with Crippen LogP contribution in [0.5, 0.6) is 11.5 Å². The maximum absolute atomic E-state index is 11.0. The van der Waals surface area contributed by atoms with Gasteiger partial charge in [0.15, 0.2) is 5.75 Å². The number of carbonyl (C=O) groups is 1. The first-order valence-corrected chi connectivity index (χ1v) is 7.99. The molecular formula is C20H12ClNO3. The minimum absolute atomic E-state index is 0.247. The molecule has 0 radical (unpaired) electrons. The van der Waals surface area contributed by atoms with Crippen molar-refractivity contribution >= 4 is 28.4 Å². The number of aliphatic imine (C=N–C) groups is 1. The van der Waals surface area contributed by atoms with Crippen LogP contribution in [0, 0.1) is 0 Å². The van der Waals surface area contributed by atoms with Crippen LogP contribution >= 0.6 is 11.6 Å². The standard InChI is InChI=1S/C20H12ClNO3/c21-19-15-11-14(12-5-7-13(8-6-12)20(23)24)9-10-17(15)25-18-4-2-1-3-16(18)22-19/h1-11H,(H,23,24). The molecule has 0 amide bonds. The number of carboxylic acids is 1. The van der Waals surface area contributed by atoms with Crippen LogP contribution in [0.1, 0.15) is 15.9 Å². The Morgan fingerprint density at radius 1 is 0.920 bits per heavy atom. The van der Waals surface area contributed by atoms with Gasteiger partial charge in [0, 0.05) is 0 Å². The van der Waals surface area contributed by atoms with Gasteiger partial charge in [-0.2, -0.15) is 0 Å². The molecule has 3 aromatic rings.